The monoisotopic (exact) mass is 306 g/mol. The molecule has 2 rings (SSSR count). The molecular weight excluding hydrogens is 280 g/mol. The van der Waals surface area contributed by atoms with Gasteiger partial charge >= 0.3 is 0 Å². The Bertz CT molecular complexity index is 595. The molecule has 0 N–H and O–H groups in total. The van der Waals surface area contributed by atoms with Gasteiger partial charge in [-0.25, -0.2) is 0 Å². The second-order valence-corrected chi connectivity index (χ2v) is 11.0. The van der Waals surface area contributed by atoms with Crippen LogP contribution in [0.15, 0.2) is 78.2 Å². The Balaban J connectivity index is 2.56. The van der Waals surface area contributed by atoms with Crippen LogP contribution in [0, 0.1) is 0 Å². The van der Waals surface area contributed by atoms with E-state index in [4.69, 9.17) is 0 Å². The van der Waals surface area contributed by atoms with E-state index in [1.54, 1.807) is 0 Å². The van der Waals surface area contributed by atoms with E-state index in [1.807, 2.05) is 0 Å². The molecule has 0 atom stereocenters. The highest BCUT2D eigenvalue weighted by atomic mass is 28.3. The maximum atomic E-state index is 3.99. The van der Waals surface area contributed by atoms with Crippen molar-refractivity contribution < 1.29 is 0 Å². The van der Waals surface area contributed by atoms with Crippen molar-refractivity contribution in [2.75, 3.05) is 0 Å². The molecule has 0 fully saturated rings. The predicted octanol–water partition coefficient (Wildman–Crippen LogP) is 6.12. The van der Waals surface area contributed by atoms with E-state index in [1.165, 1.54) is 16.3 Å². The molecular formula is C21H26Si. The molecule has 0 bridgehead atoms. The lowest BCUT2D eigenvalue weighted by molar-refractivity contribution is 0.924. The molecule has 2 aromatic carbocycles. The number of benzene rings is 2. The van der Waals surface area contributed by atoms with Crippen molar-refractivity contribution in [3.05, 3.63) is 89.3 Å². The lowest BCUT2D eigenvalue weighted by Crippen LogP contribution is -2.38. The van der Waals surface area contributed by atoms with Crippen LogP contribution in [0.1, 0.15) is 36.4 Å². The number of rotatable bonds is 6. The Morgan fingerprint density at radius 1 is 0.955 bits per heavy atom. The Hall–Kier alpha value is -1.82. The van der Waals surface area contributed by atoms with Crippen LogP contribution in [0.5, 0.6) is 0 Å². The van der Waals surface area contributed by atoms with Crippen LogP contribution in [0.4, 0.5) is 0 Å². The van der Waals surface area contributed by atoms with Gasteiger partial charge in [0.15, 0.2) is 0 Å². The first-order valence-corrected chi connectivity index (χ1v) is 11.2. The first-order chi connectivity index (χ1) is 10.6. The Labute approximate surface area is 136 Å². The number of allylic oxidation sites excluding steroid dienone is 1. The van der Waals surface area contributed by atoms with Gasteiger partial charge in [-0.05, 0) is 22.7 Å². The van der Waals surface area contributed by atoms with Gasteiger partial charge in [0, 0.05) is 5.54 Å². The first-order valence-electron chi connectivity index (χ1n) is 8.10. The zero-order chi connectivity index (χ0) is 16.0. The summed E-state index contributed by atoms with van der Waals surface area (Å²) in [4.78, 5) is 0. The highest BCUT2D eigenvalue weighted by Crippen LogP contribution is 2.38. The molecule has 0 saturated carbocycles. The van der Waals surface area contributed by atoms with E-state index in [0.29, 0.717) is 5.54 Å². The van der Waals surface area contributed by atoms with E-state index in [9.17, 15) is 0 Å². The second kappa shape index (κ2) is 7.44. The third-order valence-electron chi connectivity index (χ3n) is 4.48. The van der Waals surface area contributed by atoms with Crippen molar-refractivity contribution in [2.24, 2.45) is 0 Å². The van der Waals surface area contributed by atoms with Gasteiger partial charge in [-0.1, -0.05) is 93.7 Å². The van der Waals surface area contributed by atoms with Crippen molar-refractivity contribution in [3.63, 3.8) is 0 Å². The van der Waals surface area contributed by atoms with Crippen LogP contribution in [0.3, 0.4) is 0 Å². The molecule has 0 nitrogen and oxygen atoms in total. The lowest BCUT2D eigenvalue weighted by Gasteiger charge is -2.35. The van der Waals surface area contributed by atoms with Crippen LogP contribution in [-0.2, 0) is 0 Å². The van der Waals surface area contributed by atoms with E-state index in [0.717, 1.165) is 12.8 Å². The summed E-state index contributed by atoms with van der Waals surface area (Å²) in [6, 6.07) is 21.8. The summed E-state index contributed by atoms with van der Waals surface area (Å²) in [5, 5.41) is 1.45. The maximum Gasteiger partial charge on any atom is 0.0973 e. The Kier molecular flexibility index (Phi) is 5.60. The minimum Gasteiger partial charge on any atom is -0.134 e. The van der Waals surface area contributed by atoms with Crippen molar-refractivity contribution >= 4 is 8.07 Å². The van der Waals surface area contributed by atoms with Crippen LogP contribution >= 0.6 is 0 Å². The molecule has 0 saturated heterocycles. The molecule has 1 heteroatoms. The second-order valence-electron chi connectivity index (χ2n) is 6.38. The molecule has 0 aromatic heterocycles. The summed E-state index contributed by atoms with van der Waals surface area (Å²) in [6.45, 7) is 11.1. The SMILES string of the molecule is C=C=C(CCC)[Si](C)(C)C(c1ccccc1)c1ccccc1. The van der Waals surface area contributed by atoms with Gasteiger partial charge < -0.3 is 0 Å². The minimum atomic E-state index is -1.72. The van der Waals surface area contributed by atoms with Gasteiger partial charge in [-0.3, -0.25) is 0 Å². The standard InChI is InChI=1S/C21H26Si/c1-5-13-20(6-2)22(3,4)21(18-14-9-7-10-15-18)19-16-11-8-12-17-19/h7-12,14-17,21H,2,5,13H2,1,3-4H3. The average Bonchev–Trinajstić information content (AvgIpc) is 2.54. The van der Waals surface area contributed by atoms with E-state index >= 15 is 0 Å². The van der Waals surface area contributed by atoms with Crippen molar-refractivity contribution in [1.29, 1.82) is 0 Å². The summed E-state index contributed by atoms with van der Waals surface area (Å²) in [7, 11) is -1.72. The maximum absolute atomic E-state index is 3.99. The zero-order valence-corrected chi connectivity index (χ0v) is 15.0. The summed E-state index contributed by atoms with van der Waals surface area (Å²) in [6.07, 6.45) is 2.27. The fraction of sp³-hybridized carbons (Fsp3) is 0.286. The van der Waals surface area contributed by atoms with Crippen molar-refractivity contribution in [3.8, 4) is 0 Å². The molecule has 0 aliphatic carbocycles. The third-order valence-corrected chi connectivity index (χ3v) is 8.57. The van der Waals surface area contributed by atoms with E-state index < -0.39 is 8.07 Å². The molecule has 0 amide bonds. The highest BCUT2D eigenvalue weighted by Gasteiger charge is 2.37. The fourth-order valence-corrected chi connectivity index (χ4v) is 7.13. The third kappa shape index (κ3) is 3.49. The highest BCUT2D eigenvalue weighted by molar-refractivity contribution is 6.86. The lowest BCUT2D eigenvalue weighted by atomic mass is 10.0. The smallest absolute Gasteiger partial charge is 0.0973 e. The normalized spacial score (nSPS) is 11.3. The molecule has 0 heterocycles. The summed E-state index contributed by atoms with van der Waals surface area (Å²) in [5.74, 6) is 0. The van der Waals surface area contributed by atoms with E-state index in [-0.39, 0.29) is 0 Å². The van der Waals surface area contributed by atoms with Gasteiger partial charge in [0.05, 0.1) is 8.07 Å². The molecule has 114 valence electrons. The molecule has 0 aliphatic heterocycles. The summed E-state index contributed by atoms with van der Waals surface area (Å²) < 4.78 is 0. The van der Waals surface area contributed by atoms with Crippen LogP contribution in [0.2, 0.25) is 13.1 Å². The van der Waals surface area contributed by atoms with Crippen LogP contribution in [0.25, 0.3) is 0 Å². The molecule has 2 aromatic rings. The largest absolute Gasteiger partial charge is 0.134 e. The molecule has 0 spiro atoms. The minimum absolute atomic E-state index is 0.450. The topological polar surface area (TPSA) is 0 Å². The van der Waals surface area contributed by atoms with Gasteiger partial charge in [0.2, 0.25) is 0 Å². The number of hydrogen-bond acceptors (Lipinski definition) is 0. The Morgan fingerprint density at radius 3 is 1.77 bits per heavy atom. The van der Waals surface area contributed by atoms with Gasteiger partial charge in [0.25, 0.3) is 0 Å². The van der Waals surface area contributed by atoms with Crippen molar-refractivity contribution in [1.82, 2.24) is 0 Å². The molecule has 22 heavy (non-hydrogen) atoms. The van der Waals surface area contributed by atoms with Crippen LogP contribution in [-0.4, -0.2) is 8.07 Å². The van der Waals surface area contributed by atoms with Gasteiger partial charge in [-0.15, -0.1) is 5.73 Å². The summed E-state index contributed by atoms with van der Waals surface area (Å²) in [5.41, 5.74) is 6.56. The van der Waals surface area contributed by atoms with Gasteiger partial charge in [-0.2, -0.15) is 0 Å². The summed E-state index contributed by atoms with van der Waals surface area (Å²) >= 11 is 0. The predicted molar refractivity (Wildman–Crippen MR) is 99.8 cm³/mol. The number of hydrogen-bond donors (Lipinski definition) is 0. The average molecular weight is 307 g/mol. The fourth-order valence-electron chi connectivity index (χ4n) is 3.38. The van der Waals surface area contributed by atoms with Crippen molar-refractivity contribution in [2.45, 2.75) is 38.4 Å². The quantitative estimate of drug-likeness (QED) is 0.445. The molecule has 0 radical (unpaired) electrons. The molecule has 0 unspecified atom stereocenters. The Morgan fingerprint density at radius 2 is 1.41 bits per heavy atom. The zero-order valence-electron chi connectivity index (χ0n) is 14.0. The van der Waals surface area contributed by atoms with Crippen LogP contribution < -0.4 is 0 Å². The van der Waals surface area contributed by atoms with E-state index in [2.05, 4.69) is 93.0 Å². The first kappa shape index (κ1) is 16.5. The van der Waals surface area contributed by atoms with Gasteiger partial charge in [0.1, 0.15) is 0 Å². The molecule has 0 aliphatic rings.